The molecule has 18 heavy (non-hydrogen) atoms. The van der Waals surface area contributed by atoms with Gasteiger partial charge in [0.1, 0.15) is 0 Å². The van der Waals surface area contributed by atoms with Gasteiger partial charge in [-0.1, -0.05) is 0 Å². The summed E-state index contributed by atoms with van der Waals surface area (Å²) in [6.45, 7) is 5.34. The maximum absolute atomic E-state index is 11.5. The number of aromatic hydroxyl groups is 1. The van der Waals surface area contributed by atoms with Gasteiger partial charge in [-0.3, -0.25) is 0 Å². The van der Waals surface area contributed by atoms with Crippen molar-refractivity contribution in [2.24, 2.45) is 0 Å². The topological polar surface area (TPSA) is 76.0 Å². The summed E-state index contributed by atoms with van der Waals surface area (Å²) in [5.74, 6) is -0.504. The Bertz CT molecular complexity index is 453. The maximum atomic E-state index is 11.5. The summed E-state index contributed by atoms with van der Waals surface area (Å²) in [7, 11) is 1.45. The van der Waals surface area contributed by atoms with Crippen LogP contribution >= 0.6 is 0 Å². The van der Waals surface area contributed by atoms with Crippen LogP contribution in [0.1, 0.15) is 29.7 Å². The molecule has 1 rings (SSSR count). The van der Waals surface area contributed by atoms with Crippen molar-refractivity contribution in [3.63, 3.8) is 0 Å². The molecule has 0 aliphatic carbocycles. The lowest BCUT2D eigenvalue weighted by Crippen LogP contribution is -2.16. The van der Waals surface area contributed by atoms with Crippen molar-refractivity contribution >= 4 is 5.97 Å². The molecule has 0 fully saturated rings. The van der Waals surface area contributed by atoms with Gasteiger partial charge >= 0.3 is 5.97 Å². The number of benzene rings is 1. The van der Waals surface area contributed by atoms with Gasteiger partial charge in [-0.05, 0) is 43.5 Å². The first-order valence-corrected chi connectivity index (χ1v) is 5.65. The smallest absolute Gasteiger partial charge is 0.339 e. The van der Waals surface area contributed by atoms with Gasteiger partial charge in [-0.2, -0.15) is 0 Å². The average Bonchev–Trinajstić information content (AvgIpc) is 2.34. The van der Waals surface area contributed by atoms with Crippen LogP contribution in [0.4, 0.5) is 0 Å². The minimum absolute atomic E-state index is 0.112. The summed E-state index contributed by atoms with van der Waals surface area (Å²) in [5.41, 5.74) is 1.69. The molecule has 0 aliphatic rings. The number of carbonyl (C=O) groups is 1. The predicted octanol–water partition coefficient (Wildman–Crippen LogP) is 1.61. The minimum atomic E-state index is -1.40. The number of phenolic OH excluding ortho intramolecular Hbond substituents is 1. The first-order valence-electron chi connectivity index (χ1n) is 5.65. The number of rotatable bonds is 4. The Balaban J connectivity index is 3.22. The molecule has 1 aromatic rings. The summed E-state index contributed by atoms with van der Waals surface area (Å²) < 4.78 is 9.80. The SMILES string of the molecule is CCOC(=O)C(O)c1cc(O)c(OC)c(C)c1C. The van der Waals surface area contributed by atoms with Crippen molar-refractivity contribution in [1.82, 2.24) is 0 Å². The van der Waals surface area contributed by atoms with Gasteiger partial charge in [0.2, 0.25) is 0 Å². The highest BCUT2D eigenvalue weighted by molar-refractivity contribution is 5.77. The second kappa shape index (κ2) is 5.73. The van der Waals surface area contributed by atoms with Crippen LogP contribution in [0.15, 0.2) is 6.07 Å². The number of aliphatic hydroxyl groups excluding tert-OH is 1. The molecular formula is C13H18O5. The lowest BCUT2D eigenvalue weighted by Gasteiger charge is -2.17. The van der Waals surface area contributed by atoms with Crippen LogP contribution in [0.3, 0.4) is 0 Å². The van der Waals surface area contributed by atoms with Crippen molar-refractivity contribution in [3.05, 3.63) is 22.8 Å². The third kappa shape index (κ3) is 2.56. The Morgan fingerprint density at radius 1 is 1.39 bits per heavy atom. The Morgan fingerprint density at radius 3 is 2.50 bits per heavy atom. The number of methoxy groups -OCH3 is 1. The average molecular weight is 254 g/mol. The molecule has 1 aromatic carbocycles. The van der Waals surface area contributed by atoms with Crippen LogP contribution in [0, 0.1) is 13.8 Å². The molecule has 1 unspecified atom stereocenters. The van der Waals surface area contributed by atoms with E-state index in [1.807, 2.05) is 0 Å². The van der Waals surface area contributed by atoms with Gasteiger partial charge < -0.3 is 19.7 Å². The maximum Gasteiger partial charge on any atom is 0.339 e. The minimum Gasteiger partial charge on any atom is -0.504 e. The molecule has 5 nitrogen and oxygen atoms in total. The van der Waals surface area contributed by atoms with E-state index in [0.717, 1.165) is 0 Å². The van der Waals surface area contributed by atoms with E-state index in [0.29, 0.717) is 22.4 Å². The Hall–Kier alpha value is -1.75. The van der Waals surface area contributed by atoms with Crippen LogP contribution in [-0.2, 0) is 9.53 Å². The van der Waals surface area contributed by atoms with E-state index in [2.05, 4.69) is 0 Å². The molecule has 0 spiro atoms. The van der Waals surface area contributed by atoms with Crippen LogP contribution in [0.2, 0.25) is 0 Å². The van der Waals surface area contributed by atoms with Crippen LogP contribution < -0.4 is 4.74 Å². The highest BCUT2D eigenvalue weighted by Crippen LogP contribution is 2.36. The van der Waals surface area contributed by atoms with Gasteiger partial charge in [0, 0.05) is 0 Å². The summed E-state index contributed by atoms with van der Waals surface area (Å²) in [6.07, 6.45) is -1.40. The summed E-state index contributed by atoms with van der Waals surface area (Å²) in [6, 6.07) is 1.32. The molecule has 0 bridgehead atoms. The normalized spacial score (nSPS) is 12.1. The molecule has 0 amide bonds. The van der Waals surface area contributed by atoms with Crippen LogP contribution in [-0.4, -0.2) is 29.9 Å². The molecular weight excluding hydrogens is 236 g/mol. The Kier molecular flexibility index (Phi) is 4.55. The van der Waals surface area contributed by atoms with Crippen LogP contribution in [0.5, 0.6) is 11.5 Å². The molecule has 5 heteroatoms. The molecule has 2 N–H and O–H groups in total. The number of carbonyl (C=O) groups excluding carboxylic acids is 1. The van der Waals surface area contributed by atoms with Crippen molar-refractivity contribution in [2.45, 2.75) is 26.9 Å². The number of hydrogen-bond acceptors (Lipinski definition) is 5. The Labute approximate surface area is 106 Å². The second-order valence-corrected chi connectivity index (χ2v) is 3.92. The Morgan fingerprint density at radius 2 is 2.00 bits per heavy atom. The highest BCUT2D eigenvalue weighted by Gasteiger charge is 2.24. The fourth-order valence-electron chi connectivity index (χ4n) is 1.79. The molecule has 0 saturated heterocycles. The number of esters is 1. The fraction of sp³-hybridized carbons (Fsp3) is 0.462. The summed E-state index contributed by atoms with van der Waals surface area (Å²) in [5, 5.41) is 19.7. The lowest BCUT2D eigenvalue weighted by molar-refractivity contribution is -0.153. The first-order chi connectivity index (χ1) is 8.43. The van der Waals surface area contributed by atoms with E-state index in [4.69, 9.17) is 9.47 Å². The van der Waals surface area contributed by atoms with Crippen molar-refractivity contribution < 1.29 is 24.5 Å². The molecule has 1 atom stereocenters. The monoisotopic (exact) mass is 254 g/mol. The highest BCUT2D eigenvalue weighted by atomic mass is 16.5. The number of phenols is 1. The molecule has 0 saturated carbocycles. The molecule has 0 radical (unpaired) electrons. The quantitative estimate of drug-likeness (QED) is 0.798. The van der Waals surface area contributed by atoms with E-state index in [9.17, 15) is 15.0 Å². The number of aliphatic hydroxyl groups is 1. The van der Waals surface area contributed by atoms with E-state index in [-0.39, 0.29) is 12.4 Å². The number of hydrogen-bond donors (Lipinski definition) is 2. The van der Waals surface area contributed by atoms with Crippen molar-refractivity contribution in [3.8, 4) is 11.5 Å². The molecule has 0 heterocycles. The second-order valence-electron chi connectivity index (χ2n) is 3.92. The van der Waals surface area contributed by atoms with Gasteiger partial charge in [-0.15, -0.1) is 0 Å². The first kappa shape index (κ1) is 14.3. The third-order valence-corrected chi connectivity index (χ3v) is 2.87. The summed E-state index contributed by atoms with van der Waals surface area (Å²) in [4.78, 5) is 11.5. The number of ether oxygens (including phenoxy) is 2. The van der Waals surface area contributed by atoms with Gasteiger partial charge in [0.05, 0.1) is 13.7 Å². The zero-order valence-electron chi connectivity index (χ0n) is 11.0. The fourth-order valence-corrected chi connectivity index (χ4v) is 1.79. The lowest BCUT2D eigenvalue weighted by atomic mass is 9.97. The van der Waals surface area contributed by atoms with Gasteiger partial charge in [0.25, 0.3) is 0 Å². The summed E-state index contributed by atoms with van der Waals surface area (Å²) >= 11 is 0. The van der Waals surface area contributed by atoms with Crippen molar-refractivity contribution in [1.29, 1.82) is 0 Å². The largest absolute Gasteiger partial charge is 0.504 e. The standard InChI is InChI=1S/C13H18O5/c1-5-18-13(16)11(15)9-6-10(14)12(17-4)8(3)7(9)2/h6,11,14-15H,5H2,1-4H3. The van der Waals surface area contributed by atoms with E-state index in [1.165, 1.54) is 13.2 Å². The molecule has 100 valence electrons. The molecule has 0 aromatic heterocycles. The van der Waals surface area contributed by atoms with Gasteiger partial charge in [-0.25, -0.2) is 4.79 Å². The zero-order valence-corrected chi connectivity index (χ0v) is 11.0. The van der Waals surface area contributed by atoms with E-state index >= 15 is 0 Å². The van der Waals surface area contributed by atoms with E-state index < -0.39 is 12.1 Å². The van der Waals surface area contributed by atoms with Crippen molar-refractivity contribution in [2.75, 3.05) is 13.7 Å². The third-order valence-electron chi connectivity index (χ3n) is 2.87. The van der Waals surface area contributed by atoms with Gasteiger partial charge in [0.15, 0.2) is 17.6 Å². The van der Waals surface area contributed by atoms with E-state index in [1.54, 1.807) is 20.8 Å². The zero-order chi connectivity index (χ0) is 13.9. The van der Waals surface area contributed by atoms with Crippen LogP contribution in [0.25, 0.3) is 0 Å². The predicted molar refractivity (Wildman–Crippen MR) is 65.7 cm³/mol. The molecule has 0 aliphatic heterocycles.